The number of carbonyl (C=O) groups is 2. The molecule has 1 spiro atoms. The van der Waals surface area contributed by atoms with Crippen LogP contribution in [0.25, 0.3) is 0 Å². The third kappa shape index (κ3) is 5.83. The second-order valence-electron chi connectivity index (χ2n) is 12.5. The number of amides is 2. The normalized spacial score (nSPS) is 22.4. The van der Waals surface area contributed by atoms with Crippen molar-refractivity contribution in [1.29, 1.82) is 0 Å². The lowest BCUT2D eigenvalue weighted by molar-refractivity contribution is -0.146. The molecule has 3 aromatic carbocycles. The maximum absolute atomic E-state index is 16.2. The molecule has 0 radical (unpaired) electrons. The molecule has 240 valence electrons. The van der Waals surface area contributed by atoms with Crippen LogP contribution in [-0.2, 0) is 39.4 Å². The monoisotopic (exact) mass is 705 g/mol. The first-order chi connectivity index (χ1) is 22.1. The lowest BCUT2D eigenvalue weighted by Crippen LogP contribution is -2.45. The van der Waals surface area contributed by atoms with Gasteiger partial charge in [-0.1, -0.05) is 58.4 Å². The number of ether oxygens (including phenoxy) is 1. The smallest absolute Gasteiger partial charge is 0.264 e. The van der Waals surface area contributed by atoms with E-state index in [1.165, 1.54) is 0 Å². The van der Waals surface area contributed by atoms with Gasteiger partial charge in [-0.2, -0.15) is 0 Å². The van der Waals surface area contributed by atoms with Gasteiger partial charge in [-0.3, -0.25) is 19.2 Å². The molecule has 2 amide bonds. The average molecular weight is 707 g/mol. The molecule has 46 heavy (non-hydrogen) atoms. The number of fused-ring (bicyclic) bond motifs is 2. The summed E-state index contributed by atoms with van der Waals surface area (Å²) in [5, 5.41) is 17.5. The number of aliphatic hydroxyl groups is 1. The van der Waals surface area contributed by atoms with Crippen molar-refractivity contribution in [2.45, 2.75) is 63.2 Å². The molecule has 0 bridgehead atoms. The van der Waals surface area contributed by atoms with Crippen LogP contribution < -0.4 is 9.80 Å². The minimum atomic E-state index is -3.33. The van der Waals surface area contributed by atoms with Crippen molar-refractivity contribution in [2.75, 3.05) is 16.4 Å². The van der Waals surface area contributed by atoms with Crippen LogP contribution in [0.4, 0.5) is 21.2 Å². The van der Waals surface area contributed by atoms with Crippen LogP contribution in [0.1, 0.15) is 30.2 Å². The summed E-state index contributed by atoms with van der Waals surface area (Å²) in [5.74, 6) is -0.643. The number of nitrogens with zero attached hydrogens (tertiary/aromatic N) is 5. The fraction of sp³-hybridized carbons (Fsp3) is 0.353. The molecular weight excluding hydrogens is 669 g/mol. The molecule has 6 rings (SSSR count). The number of benzene rings is 3. The number of para-hydroxylation sites is 1. The Morgan fingerprint density at radius 3 is 2.59 bits per heavy atom. The van der Waals surface area contributed by atoms with Crippen LogP contribution in [0.15, 0.2) is 83.5 Å². The zero-order valence-corrected chi connectivity index (χ0v) is 28.6. The Morgan fingerprint density at radius 1 is 1.11 bits per heavy atom. The van der Waals surface area contributed by atoms with E-state index in [0.717, 1.165) is 33.4 Å². The third-order valence-electron chi connectivity index (χ3n) is 9.19. The van der Waals surface area contributed by atoms with Gasteiger partial charge in [-0.25, -0.2) is 0 Å². The van der Waals surface area contributed by atoms with Gasteiger partial charge >= 0.3 is 0 Å². The Hall–Kier alpha value is -3.71. The minimum absolute atomic E-state index is 0.0194. The van der Waals surface area contributed by atoms with E-state index < -0.39 is 31.6 Å². The Morgan fingerprint density at radius 2 is 1.87 bits per heavy atom. The first-order valence-electron chi connectivity index (χ1n) is 15.4. The highest BCUT2D eigenvalue weighted by Gasteiger charge is 2.66. The second-order valence-corrected chi connectivity index (χ2v) is 17.3. The zero-order chi connectivity index (χ0) is 32.6. The molecule has 1 N–H and O–H groups in total. The molecular formula is C34H37BrFN5O4Si. The first kappa shape index (κ1) is 32.2. The number of halogens is 2. The van der Waals surface area contributed by atoms with Crippen molar-refractivity contribution in [3.8, 4) is 0 Å². The summed E-state index contributed by atoms with van der Waals surface area (Å²) in [6.07, 6.45) is 2.91. The number of anilines is 3. The highest BCUT2D eigenvalue weighted by atomic mass is 79.9. The zero-order valence-electron chi connectivity index (χ0n) is 26.0. The third-order valence-corrected chi connectivity index (χ3v) is 12.1. The van der Waals surface area contributed by atoms with Crippen molar-refractivity contribution in [2.24, 2.45) is 5.92 Å². The number of rotatable bonds is 11. The van der Waals surface area contributed by atoms with Crippen molar-refractivity contribution >= 4 is 53.7 Å². The summed E-state index contributed by atoms with van der Waals surface area (Å²) in [7, 11) is -3.33. The first-order valence-corrected chi connectivity index (χ1v) is 19.2. The minimum Gasteiger partial charge on any atom is -0.396 e. The van der Waals surface area contributed by atoms with Gasteiger partial charge in [0.2, 0.25) is 14.8 Å². The topological polar surface area (TPSA) is 101 Å². The lowest BCUT2D eigenvalue weighted by Gasteiger charge is -2.31. The quantitative estimate of drug-likeness (QED) is 0.112. The molecule has 0 unspecified atom stereocenters. The van der Waals surface area contributed by atoms with Gasteiger partial charge in [0.15, 0.2) is 5.60 Å². The van der Waals surface area contributed by atoms with Gasteiger partial charge in [0.25, 0.3) is 5.91 Å². The summed E-state index contributed by atoms with van der Waals surface area (Å²) in [6.45, 7) is 6.00. The summed E-state index contributed by atoms with van der Waals surface area (Å²) >= 11 is 3.60. The molecule has 1 saturated heterocycles. The molecule has 3 heterocycles. The van der Waals surface area contributed by atoms with Gasteiger partial charge < -0.3 is 18.9 Å². The predicted molar refractivity (Wildman–Crippen MR) is 180 cm³/mol. The molecule has 0 saturated carbocycles. The molecule has 12 heteroatoms. The number of carbonyl (C=O) groups excluding carboxylic acids is 2. The average Bonchev–Trinajstić information content (AvgIpc) is 3.67. The number of aryl methyl sites for hydroxylation is 1. The van der Waals surface area contributed by atoms with Gasteiger partial charge in [0.1, 0.15) is 0 Å². The molecule has 1 fully saturated rings. The maximum Gasteiger partial charge on any atom is 0.264 e. The number of aliphatic hydroxyl groups excluding tert-OH is 1. The molecule has 9 nitrogen and oxygen atoms in total. The van der Waals surface area contributed by atoms with Gasteiger partial charge in [-0.15, -0.1) is 5.10 Å². The molecule has 4 aromatic rings. The SMILES string of the molecule is C[C@@H]1[C@@H]([Si](C)(C)F)[C@H](CCn2cc(CCO)nn2)O[C@@]12C(=O)N(Cc1cccc(N(C=O)c3ccccc3)c1)c1ccc(Br)cc12. The van der Waals surface area contributed by atoms with Crippen molar-refractivity contribution < 1.29 is 23.5 Å². The van der Waals surface area contributed by atoms with Crippen LogP contribution in [0.5, 0.6) is 0 Å². The summed E-state index contributed by atoms with van der Waals surface area (Å²) in [4.78, 5) is 30.2. The Labute approximate surface area is 277 Å². The fourth-order valence-electron chi connectivity index (χ4n) is 7.23. The number of aromatic nitrogens is 3. The Balaban J connectivity index is 1.33. The van der Waals surface area contributed by atoms with Crippen molar-refractivity contribution in [3.63, 3.8) is 0 Å². The molecule has 0 aliphatic carbocycles. The van der Waals surface area contributed by atoms with Crippen molar-refractivity contribution in [3.05, 3.63) is 100 Å². The van der Waals surface area contributed by atoms with Crippen LogP contribution in [0.2, 0.25) is 18.6 Å². The Kier molecular flexibility index (Phi) is 8.99. The van der Waals surface area contributed by atoms with E-state index in [4.69, 9.17) is 4.74 Å². The summed E-state index contributed by atoms with van der Waals surface area (Å²) < 4.78 is 25.6. The van der Waals surface area contributed by atoms with Crippen LogP contribution >= 0.6 is 15.9 Å². The maximum atomic E-state index is 16.2. The fourth-order valence-corrected chi connectivity index (χ4v) is 10.1. The Bertz CT molecular complexity index is 1730. The van der Waals surface area contributed by atoms with Crippen LogP contribution in [-0.4, -0.2) is 53.5 Å². The van der Waals surface area contributed by atoms with Gasteiger partial charge in [0.05, 0.1) is 24.0 Å². The highest BCUT2D eigenvalue weighted by Crippen LogP contribution is 2.60. The molecule has 4 atom stereocenters. The predicted octanol–water partition coefficient (Wildman–Crippen LogP) is 6.28. The summed E-state index contributed by atoms with van der Waals surface area (Å²) in [6, 6.07) is 22.7. The van der Waals surface area contributed by atoms with E-state index in [1.807, 2.05) is 79.7 Å². The van der Waals surface area contributed by atoms with E-state index in [-0.39, 0.29) is 19.1 Å². The van der Waals surface area contributed by atoms with Gasteiger partial charge in [-0.05, 0) is 67.5 Å². The van der Waals surface area contributed by atoms with E-state index in [0.29, 0.717) is 30.8 Å². The highest BCUT2D eigenvalue weighted by molar-refractivity contribution is 9.10. The second kappa shape index (κ2) is 12.8. The molecule has 2 aliphatic rings. The molecule has 2 aliphatic heterocycles. The molecule has 1 aromatic heterocycles. The lowest BCUT2D eigenvalue weighted by atomic mass is 9.82. The standard InChI is InChI=1S/C34H37BrFN5O4Si/c1-23-32(46(2,3)36)31(14-16-39-21-26(15-17-42)37-38-39)45-34(23)29-19-25(35)12-13-30(29)40(33(34)44)20-24-8-7-11-28(18-24)41(22-43)27-9-5-4-6-10-27/h4-13,18-19,21-23,31-32,42H,14-17,20H2,1-3H3/t23-,31+,32-,34+/m1/s1. The summed E-state index contributed by atoms with van der Waals surface area (Å²) in [5.41, 5.74) is 2.59. The largest absolute Gasteiger partial charge is 0.396 e. The van der Waals surface area contributed by atoms with Gasteiger partial charge in [0, 0.05) is 58.6 Å². The van der Waals surface area contributed by atoms with E-state index >= 15 is 4.11 Å². The van der Waals surface area contributed by atoms with E-state index in [2.05, 4.69) is 26.2 Å². The number of hydrogen-bond acceptors (Lipinski definition) is 6. The van der Waals surface area contributed by atoms with E-state index in [1.54, 1.807) is 33.8 Å². The van der Waals surface area contributed by atoms with Crippen LogP contribution in [0, 0.1) is 5.92 Å². The van der Waals surface area contributed by atoms with Crippen molar-refractivity contribution in [1.82, 2.24) is 15.0 Å². The van der Waals surface area contributed by atoms with E-state index in [9.17, 15) is 14.7 Å². The number of hydrogen-bond donors (Lipinski definition) is 1. The van der Waals surface area contributed by atoms with Crippen LogP contribution in [0.3, 0.4) is 0 Å².